The molecule has 0 radical (unpaired) electrons. The summed E-state index contributed by atoms with van der Waals surface area (Å²) in [6, 6.07) is 2.66. The first kappa shape index (κ1) is 13.1. The van der Waals surface area contributed by atoms with Gasteiger partial charge in [-0.1, -0.05) is 0 Å². The Bertz CT molecular complexity index is 613. The standard InChI is InChI=1S/C13H13BrFNO2/c1-13(2,3)18-12(17)8-6-16-10-5-7(15)4-9(14)11(8)10/h4-6,16H,1-3H3. The molecule has 0 amide bonds. The smallest absolute Gasteiger partial charge is 0.340 e. The highest BCUT2D eigenvalue weighted by molar-refractivity contribution is 9.10. The average Bonchev–Trinajstić information content (AvgIpc) is 2.58. The average molecular weight is 314 g/mol. The molecule has 2 rings (SSSR count). The molecule has 0 spiro atoms. The summed E-state index contributed by atoms with van der Waals surface area (Å²) < 4.78 is 19.0. The number of ether oxygens (including phenoxy) is 1. The molecule has 1 heterocycles. The zero-order valence-corrected chi connectivity index (χ0v) is 11.9. The van der Waals surface area contributed by atoms with Crippen LogP contribution in [0.25, 0.3) is 10.9 Å². The second kappa shape index (κ2) is 4.39. The van der Waals surface area contributed by atoms with E-state index in [9.17, 15) is 9.18 Å². The number of aromatic nitrogens is 1. The SMILES string of the molecule is CC(C)(C)OC(=O)c1c[nH]c2cc(F)cc(Br)c12. The molecule has 5 heteroatoms. The van der Waals surface area contributed by atoms with Gasteiger partial charge in [0.2, 0.25) is 0 Å². The number of benzene rings is 1. The summed E-state index contributed by atoms with van der Waals surface area (Å²) in [7, 11) is 0. The van der Waals surface area contributed by atoms with E-state index in [1.807, 2.05) is 0 Å². The van der Waals surface area contributed by atoms with E-state index in [4.69, 9.17) is 4.74 Å². The Hall–Kier alpha value is -1.36. The Morgan fingerprint density at radius 3 is 2.67 bits per heavy atom. The first-order valence-electron chi connectivity index (χ1n) is 5.47. The van der Waals surface area contributed by atoms with Gasteiger partial charge in [0.05, 0.1) is 11.1 Å². The molecule has 96 valence electrons. The van der Waals surface area contributed by atoms with Gasteiger partial charge in [-0.05, 0) is 48.8 Å². The molecule has 0 bridgehead atoms. The van der Waals surface area contributed by atoms with Gasteiger partial charge in [0.15, 0.2) is 0 Å². The summed E-state index contributed by atoms with van der Waals surface area (Å²) in [6.07, 6.45) is 1.53. The Morgan fingerprint density at radius 1 is 1.39 bits per heavy atom. The van der Waals surface area contributed by atoms with Crippen molar-refractivity contribution in [2.75, 3.05) is 0 Å². The van der Waals surface area contributed by atoms with Crippen molar-refractivity contribution in [3.63, 3.8) is 0 Å². The molecular formula is C13H13BrFNO2. The van der Waals surface area contributed by atoms with Crippen LogP contribution in [0.1, 0.15) is 31.1 Å². The predicted molar refractivity (Wildman–Crippen MR) is 71.1 cm³/mol. The Balaban J connectivity index is 2.50. The summed E-state index contributed by atoms with van der Waals surface area (Å²) in [5.74, 6) is -0.798. The molecule has 1 aromatic heterocycles. The summed E-state index contributed by atoms with van der Waals surface area (Å²) in [4.78, 5) is 14.9. The number of halogens is 2. The minimum Gasteiger partial charge on any atom is -0.456 e. The van der Waals surface area contributed by atoms with E-state index in [-0.39, 0.29) is 5.82 Å². The maximum atomic E-state index is 13.2. The van der Waals surface area contributed by atoms with Crippen molar-refractivity contribution in [3.8, 4) is 0 Å². The summed E-state index contributed by atoms with van der Waals surface area (Å²) >= 11 is 3.26. The molecule has 0 saturated heterocycles. The molecule has 3 nitrogen and oxygen atoms in total. The van der Waals surface area contributed by atoms with Crippen LogP contribution in [0.3, 0.4) is 0 Å². The van der Waals surface area contributed by atoms with E-state index in [1.54, 1.807) is 20.8 Å². The number of carbonyl (C=O) groups excluding carboxylic acids is 1. The van der Waals surface area contributed by atoms with E-state index in [2.05, 4.69) is 20.9 Å². The van der Waals surface area contributed by atoms with Crippen molar-refractivity contribution in [2.45, 2.75) is 26.4 Å². The van der Waals surface area contributed by atoms with Crippen LogP contribution in [0, 0.1) is 5.82 Å². The van der Waals surface area contributed by atoms with Gasteiger partial charge in [0.1, 0.15) is 11.4 Å². The quantitative estimate of drug-likeness (QED) is 0.808. The van der Waals surface area contributed by atoms with Crippen molar-refractivity contribution >= 4 is 32.8 Å². The maximum absolute atomic E-state index is 13.2. The van der Waals surface area contributed by atoms with Crippen LogP contribution in [-0.4, -0.2) is 16.6 Å². The Kier molecular flexibility index (Phi) is 3.19. The lowest BCUT2D eigenvalue weighted by Crippen LogP contribution is -2.23. The summed E-state index contributed by atoms with van der Waals surface area (Å²) in [5, 5.41) is 0.630. The van der Waals surface area contributed by atoms with E-state index in [1.165, 1.54) is 18.3 Å². The first-order chi connectivity index (χ1) is 8.28. The molecule has 0 aliphatic rings. The minimum absolute atomic E-state index is 0.369. The molecule has 0 atom stereocenters. The van der Waals surface area contributed by atoms with Crippen molar-refractivity contribution in [3.05, 3.63) is 34.2 Å². The number of nitrogens with one attached hydrogen (secondary N) is 1. The van der Waals surface area contributed by atoms with Gasteiger partial charge in [-0.2, -0.15) is 0 Å². The molecule has 0 saturated carbocycles. The number of fused-ring (bicyclic) bond motifs is 1. The van der Waals surface area contributed by atoms with Gasteiger partial charge in [0.25, 0.3) is 0 Å². The predicted octanol–water partition coefficient (Wildman–Crippen LogP) is 4.02. The molecule has 0 unspecified atom stereocenters. The van der Waals surface area contributed by atoms with Crippen LogP contribution in [0.5, 0.6) is 0 Å². The largest absolute Gasteiger partial charge is 0.456 e. The third kappa shape index (κ3) is 2.56. The lowest BCUT2D eigenvalue weighted by Gasteiger charge is -2.19. The number of hydrogen-bond acceptors (Lipinski definition) is 2. The lowest BCUT2D eigenvalue weighted by molar-refractivity contribution is 0.00718. The zero-order chi connectivity index (χ0) is 13.5. The van der Waals surface area contributed by atoms with Crippen LogP contribution in [0.2, 0.25) is 0 Å². The highest BCUT2D eigenvalue weighted by Gasteiger charge is 2.22. The van der Waals surface area contributed by atoms with Crippen LogP contribution >= 0.6 is 15.9 Å². The topological polar surface area (TPSA) is 42.1 Å². The van der Waals surface area contributed by atoms with Gasteiger partial charge in [-0.3, -0.25) is 0 Å². The molecule has 1 aromatic carbocycles. The number of esters is 1. The fraction of sp³-hybridized carbons (Fsp3) is 0.308. The summed E-state index contributed by atoms with van der Waals surface area (Å²) in [6.45, 7) is 5.40. The van der Waals surface area contributed by atoms with Crippen LogP contribution < -0.4 is 0 Å². The van der Waals surface area contributed by atoms with Gasteiger partial charge in [-0.25, -0.2) is 9.18 Å². The number of hydrogen-bond donors (Lipinski definition) is 1. The molecule has 0 fully saturated rings. The van der Waals surface area contributed by atoms with E-state index < -0.39 is 11.6 Å². The highest BCUT2D eigenvalue weighted by Crippen LogP contribution is 2.29. The highest BCUT2D eigenvalue weighted by atomic mass is 79.9. The number of H-pyrrole nitrogens is 1. The lowest BCUT2D eigenvalue weighted by atomic mass is 10.1. The Labute approximate surface area is 112 Å². The molecule has 18 heavy (non-hydrogen) atoms. The van der Waals surface area contributed by atoms with Crippen LogP contribution in [0.4, 0.5) is 4.39 Å². The van der Waals surface area contributed by atoms with Crippen LogP contribution in [-0.2, 0) is 4.74 Å². The van der Waals surface area contributed by atoms with Crippen molar-refractivity contribution in [1.82, 2.24) is 4.98 Å². The van der Waals surface area contributed by atoms with Crippen molar-refractivity contribution in [2.24, 2.45) is 0 Å². The maximum Gasteiger partial charge on any atom is 0.340 e. The van der Waals surface area contributed by atoms with Gasteiger partial charge < -0.3 is 9.72 Å². The minimum atomic E-state index is -0.562. The van der Waals surface area contributed by atoms with Gasteiger partial charge in [0, 0.05) is 16.1 Å². The molecule has 2 aromatic rings. The third-order valence-electron chi connectivity index (χ3n) is 2.32. The van der Waals surface area contributed by atoms with E-state index in [0.29, 0.717) is 20.9 Å². The fourth-order valence-corrected chi connectivity index (χ4v) is 2.32. The zero-order valence-electron chi connectivity index (χ0n) is 10.3. The number of aromatic amines is 1. The molecule has 0 aliphatic carbocycles. The Morgan fingerprint density at radius 2 is 2.06 bits per heavy atom. The van der Waals surface area contributed by atoms with E-state index in [0.717, 1.165) is 0 Å². The van der Waals surface area contributed by atoms with Gasteiger partial charge in [-0.15, -0.1) is 0 Å². The second-order valence-electron chi connectivity index (χ2n) is 5.01. The first-order valence-corrected chi connectivity index (χ1v) is 6.27. The fourth-order valence-electron chi connectivity index (χ4n) is 1.68. The number of rotatable bonds is 1. The van der Waals surface area contributed by atoms with Crippen molar-refractivity contribution < 1.29 is 13.9 Å². The number of carbonyl (C=O) groups is 1. The normalized spacial score (nSPS) is 11.8. The molecular weight excluding hydrogens is 301 g/mol. The van der Waals surface area contributed by atoms with Crippen LogP contribution in [0.15, 0.2) is 22.8 Å². The van der Waals surface area contributed by atoms with Gasteiger partial charge >= 0.3 is 5.97 Å². The summed E-state index contributed by atoms with van der Waals surface area (Å²) in [5.41, 5.74) is 0.391. The monoisotopic (exact) mass is 313 g/mol. The molecule has 0 aliphatic heterocycles. The van der Waals surface area contributed by atoms with Crippen molar-refractivity contribution in [1.29, 1.82) is 0 Å². The second-order valence-corrected chi connectivity index (χ2v) is 5.87. The molecule has 1 N–H and O–H groups in total. The third-order valence-corrected chi connectivity index (χ3v) is 2.94. The van der Waals surface area contributed by atoms with E-state index >= 15 is 0 Å².